The molecule has 118 valence electrons. The summed E-state index contributed by atoms with van der Waals surface area (Å²) in [5.74, 6) is 0.124. The molecule has 2 rings (SSSR count). The second-order valence-corrected chi connectivity index (χ2v) is 7.70. The summed E-state index contributed by atoms with van der Waals surface area (Å²) in [5, 5.41) is 0.471. The third kappa shape index (κ3) is 3.49. The molecule has 1 aliphatic rings. The van der Waals surface area contributed by atoms with E-state index in [1.165, 1.54) is 16.4 Å². The quantitative estimate of drug-likeness (QED) is 0.760. The number of morpholine rings is 1. The molecule has 1 aromatic carbocycles. The molecule has 0 radical (unpaired) electrons. The van der Waals surface area contributed by atoms with Crippen molar-refractivity contribution in [3.05, 3.63) is 27.7 Å². The number of hydrogen-bond donors (Lipinski definition) is 0. The third-order valence-electron chi connectivity index (χ3n) is 3.48. The second kappa shape index (κ2) is 7.02. The van der Waals surface area contributed by atoms with Crippen LogP contribution in [0, 0.1) is 0 Å². The van der Waals surface area contributed by atoms with Crippen molar-refractivity contribution in [2.24, 2.45) is 0 Å². The highest BCUT2D eigenvalue weighted by atomic mass is 35.5. The molecule has 0 bridgehead atoms. The average Bonchev–Trinajstić information content (AvgIpc) is 2.47. The molecule has 0 N–H and O–H groups in total. The molecule has 21 heavy (non-hydrogen) atoms. The number of hydrogen-bond acceptors (Lipinski definition) is 3. The predicted molar refractivity (Wildman–Crippen MR) is 84.8 cm³/mol. The molecule has 1 atom stereocenters. The maximum absolute atomic E-state index is 12.9. The fourth-order valence-corrected chi connectivity index (χ4v) is 5.07. The van der Waals surface area contributed by atoms with Gasteiger partial charge in [0.25, 0.3) is 0 Å². The van der Waals surface area contributed by atoms with Gasteiger partial charge in [0.2, 0.25) is 10.0 Å². The lowest BCUT2D eigenvalue weighted by molar-refractivity contribution is 0.0314. The van der Waals surface area contributed by atoms with Crippen LogP contribution in [0.1, 0.15) is 18.9 Å². The van der Waals surface area contributed by atoms with Crippen molar-refractivity contribution in [1.29, 1.82) is 0 Å². The second-order valence-electron chi connectivity index (χ2n) is 4.76. The number of nitrogens with zero attached hydrogens (tertiary/aromatic N) is 1. The van der Waals surface area contributed by atoms with Gasteiger partial charge in [-0.25, -0.2) is 8.42 Å². The van der Waals surface area contributed by atoms with Gasteiger partial charge in [0.05, 0.1) is 18.2 Å². The van der Waals surface area contributed by atoms with Gasteiger partial charge in [-0.2, -0.15) is 4.31 Å². The summed E-state index contributed by atoms with van der Waals surface area (Å²) < 4.78 is 32.5. The first-order valence-electron chi connectivity index (χ1n) is 6.55. The van der Waals surface area contributed by atoms with Gasteiger partial charge in [-0.05, 0) is 24.1 Å². The maximum atomic E-state index is 12.9. The van der Waals surface area contributed by atoms with Gasteiger partial charge in [-0.3, -0.25) is 0 Å². The molecule has 1 saturated heterocycles. The van der Waals surface area contributed by atoms with Crippen molar-refractivity contribution < 1.29 is 13.2 Å². The van der Waals surface area contributed by atoms with E-state index in [-0.39, 0.29) is 21.8 Å². The average molecular weight is 373 g/mol. The Labute approximate surface area is 140 Å². The number of ether oxygens (including phenoxy) is 1. The van der Waals surface area contributed by atoms with Crippen molar-refractivity contribution in [2.45, 2.75) is 30.2 Å². The molecule has 0 spiro atoms. The SMILES string of the molecule is CCC1COCCN1S(=O)(=O)c1cc(CCl)c(Cl)cc1Cl. The molecule has 1 heterocycles. The number of halogens is 3. The summed E-state index contributed by atoms with van der Waals surface area (Å²) in [4.78, 5) is 0.0459. The van der Waals surface area contributed by atoms with Crippen LogP contribution >= 0.6 is 34.8 Å². The van der Waals surface area contributed by atoms with Crippen LogP contribution in [0.5, 0.6) is 0 Å². The van der Waals surface area contributed by atoms with Crippen LogP contribution in [0.25, 0.3) is 0 Å². The molecule has 0 aromatic heterocycles. The van der Waals surface area contributed by atoms with Gasteiger partial charge in [0, 0.05) is 23.5 Å². The third-order valence-corrected chi connectivity index (χ3v) is 6.53. The highest BCUT2D eigenvalue weighted by Crippen LogP contribution is 2.32. The van der Waals surface area contributed by atoms with Crippen molar-refractivity contribution in [2.75, 3.05) is 19.8 Å². The maximum Gasteiger partial charge on any atom is 0.244 e. The summed E-state index contributed by atoms with van der Waals surface area (Å²) in [5.41, 5.74) is 0.544. The summed E-state index contributed by atoms with van der Waals surface area (Å²) in [6.45, 7) is 3.01. The summed E-state index contributed by atoms with van der Waals surface area (Å²) >= 11 is 17.9. The summed E-state index contributed by atoms with van der Waals surface area (Å²) in [6, 6.07) is 2.69. The van der Waals surface area contributed by atoms with Crippen molar-refractivity contribution in [1.82, 2.24) is 4.31 Å². The minimum atomic E-state index is -3.70. The van der Waals surface area contributed by atoms with Crippen LogP contribution in [0.3, 0.4) is 0 Å². The zero-order chi connectivity index (χ0) is 15.6. The fourth-order valence-electron chi connectivity index (χ4n) is 2.28. The summed E-state index contributed by atoms with van der Waals surface area (Å²) in [6.07, 6.45) is 0.673. The number of alkyl halides is 1. The normalized spacial score (nSPS) is 20.7. The van der Waals surface area contributed by atoms with Gasteiger partial charge in [-0.1, -0.05) is 30.1 Å². The monoisotopic (exact) mass is 371 g/mol. The van der Waals surface area contributed by atoms with E-state index in [1.807, 2.05) is 6.92 Å². The van der Waals surface area contributed by atoms with Crippen LogP contribution in [0.4, 0.5) is 0 Å². The minimum Gasteiger partial charge on any atom is -0.378 e. The van der Waals surface area contributed by atoms with E-state index in [9.17, 15) is 8.42 Å². The van der Waals surface area contributed by atoms with Gasteiger partial charge < -0.3 is 4.74 Å². The van der Waals surface area contributed by atoms with E-state index in [0.29, 0.717) is 36.8 Å². The Morgan fingerprint density at radius 3 is 2.67 bits per heavy atom. The first-order chi connectivity index (χ1) is 9.91. The van der Waals surface area contributed by atoms with E-state index >= 15 is 0 Å². The van der Waals surface area contributed by atoms with Crippen molar-refractivity contribution in [3.63, 3.8) is 0 Å². The Bertz CT molecular complexity index is 621. The Hall–Kier alpha value is -0.0400. The van der Waals surface area contributed by atoms with Gasteiger partial charge >= 0.3 is 0 Å². The smallest absolute Gasteiger partial charge is 0.244 e. The number of sulfonamides is 1. The van der Waals surface area contributed by atoms with Crippen LogP contribution < -0.4 is 0 Å². The van der Waals surface area contributed by atoms with Crippen molar-refractivity contribution >= 4 is 44.8 Å². The molecule has 0 amide bonds. The van der Waals surface area contributed by atoms with Gasteiger partial charge in [0.1, 0.15) is 4.90 Å². The molecule has 4 nitrogen and oxygen atoms in total. The molecule has 0 saturated carbocycles. The number of rotatable bonds is 4. The molecule has 1 unspecified atom stereocenters. The zero-order valence-electron chi connectivity index (χ0n) is 11.5. The Balaban J connectivity index is 2.48. The topological polar surface area (TPSA) is 46.6 Å². The number of benzene rings is 1. The first kappa shape index (κ1) is 17.3. The molecule has 8 heteroatoms. The zero-order valence-corrected chi connectivity index (χ0v) is 14.6. The molecule has 1 aromatic rings. The lowest BCUT2D eigenvalue weighted by atomic mass is 10.2. The predicted octanol–water partition coefficient (Wildman–Crippen LogP) is 3.53. The van der Waals surface area contributed by atoms with Crippen molar-refractivity contribution in [3.8, 4) is 0 Å². The van der Waals surface area contributed by atoms with E-state index < -0.39 is 10.0 Å². The molecular weight excluding hydrogens is 357 g/mol. The van der Waals surface area contributed by atoms with Crippen LogP contribution in [-0.4, -0.2) is 38.5 Å². The van der Waals surface area contributed by atoms with Gasteiger partial charge in [0.15, 0.2) is 0 Å². The lowest BCUT2D eigenvalue weighted by Gasteiger charge is -2.34. The summed E-state index contributed by atoms with van der Waals surface area (Å²) in [7, 11) is -3.70. The van der Waals surface area contributed by atoms with Crippen LogP contribution in [0.15, 0.2) is 17.0 Å². The molecule has 1 aliphatic heterocycles. The molecule has 1 fully saturated rings. The van der Waals surface area contributed by atoms with E-state index in [1.54, 1.807) is 0 Å². The molecular formula is C13H16Cl3NO3S. The Kier molecular flexibility index (Phi) is 5.79. The first-order valence-corrected chi connectivity index (χ1v) is 9.28. The highest BCUT2D eigenvalue weighted by Gasteiger charge is 2.34. The Morgan fingerprint density at radius 2 is 2.05 bits per heavy atom. The minimum absolute atomic E-state index is 0.0459. The van der Waals surface area contributed by atoms with Crippen LogP contribution in [-0.2, 0) is 20.6 Å². The van der Waals surface area contributed by atoms with Crippen LogP contribution in [0.2, 0.25) is 10.0 Å². The Morgan fingerprint density at radius 1 is 1.33 bits per heavy atom. The van der Waals surface area contributed by atoms with E-state index in [2.05, 4.69) is 0 Å². The fraction of sp³-hybridized carbons (Fsp3) is 0.538. The van der Waals surface area contributed by atoms with E-state index in [0.717, 1.165) is 0 Å². The van der Waals surface area contributed by atoms with E-state index in [4.69, 9.17) is 39.5 Å². The standard InChI is InChI=1S/C13H16Cl3NO3S/c1-2-10-8-20-4-3-17(10)21(18,19)13-5-9(7-14)11(15)6-12(13)16/h5-6,10H,2-4,7-8H2,1H3. The lowest BCUT2D eigenvalue weighted by Crippen LogP contribution is -2.48. The van der Waals surface area contributed by atoms with Gasteiger partial charge in [-0.15, -0.1) is 11.6 Å². The molecule has 0 aliphatic carbocycles. The highest BCUT2D eigenvalue weighted by molar-refractivity contribution is 7.89. The largest absolute Gasteiger partial charge is 0.378 e.